The molecule has 0 fully saturated rings. The van der Waals surface area contributed by atoms with Gasteiger partial charge in [-0.05, 0) is 29.7 Å². The number of aryl methyl sites for hydroxylation is 1. The lowest BCUT2D eigenvalue weighted by molar-refractivity contribution is 0.422. The zero-order valence-corrected chi connectivity index (χ0v) is 11.8. The van der Waals surface area contributed by atoms with E-state index in [2.05, 4.69) is 34.2 Å². The topological polar surface area (TPSA) is 77.8 Å². The van der Waals surface area contributed by atoms with Crippen LogP contribution in [0.15, 0.2) is 47.1 Å². The van der Waals surface area contributed by atoms with Gasteiger partial charge in [0.15, 0.2) is 5.82 Å². The number of benzene rings is 1. The Balaban J connectivity index is 1.81. The number of rotatable bonds is 4. The van der Waals surface area contributed by atoms with Crippen LogP contribution in [0.1, 0.15) is 22.5 Å². The van der Waals surface area contributed by atoms with Gasteiger partial charge in [-0.1, -0.05) is 35.5 Å². The van der Waals surface area contributed by atoms with Crippen molar-refractivity contribution in [1.29, 1.82) is 0 Å². The van der Waals surface area contributed by atoms with E-state index in [1.165, 1.54) is 11.1 Å². The molecule has 0 unspecified atom stereocenters. The van der Waals surface area contributed by atoms with Crippen LogP contribution >= 0.6 is 0 Å². The molecular formula is C16H16N4O. The second-order valence-electron chi connectivity index (χ2n) is 4.87. The summed E-state index contributed by atoms with van der Waals surface area (Å²) in [7, 11) is 0. The molecule has 0 aliphatic heterocycles. The molecule has 2 aromatic heterocycles. The van der Waals surface area contributed by atoms with Crippen molar-refractivity contribution in [3.63, 3.8) is 0 Å². The molecule has 0 spiro atoms. The van der Waals surface area contributed by atoms with Crippen LogP contribution in [0.25, 0.3) is 11.6 Å². The molecule has 0 atom stereocenters. The third-order valence-corrected chi connectivity index (χ3v) is 3.36. The van der Waals surface area contributed by atoms with Crippen LogP contribution in [0.5, 0.6) is 0 Å². The van der Waals surface area contributed by atoms with Crippen molar-refractivity contribution in [2.75, 3.05) is 0 Å². The van der Waals surface area contributed by atoms with Crippen LogP contribution in [0, 0.1) is 6.92 Å². The molecule has 3 aromatic rings. The van der Waals surface area contributed by atoms with Gasteiger partial charge in [0.05, 0.1) is 0 Å². The van der Waals surface area contributed by atoms with Gasteiger partial charge in [0.25, 0.3) is 5.89 Å². The lowest BCUT2D eigenvalue weighted by Gasteiger charge is -2.00. The fraction of sp³-hybridized carbons (Fsp3) is 0.188. The molecule has 5 nitrogen and oxygen atoms in total. The third-order valence-electron chi connectivity index (χ3n) is 3.36. The minimum atomic E-state index is 0.433. The number of aromatic nitrogens is 3. The van der Waals surface area contributed by atoms with Gasteiger partial charge in [-0.3, -0.25) is 4.98 Å². The van der Waals surface area contributed by atoms with E-state index in [4.69, 9.17) is 10.3 Å². The number of nitrogens with zero attached hydrogens (tertiary/aromatic N) is 3. The summed E-state index contributed by atoms with van der Waals surface area (Å²) in [6.07, 6.45) is 2.37. The molecule has 1 aromatic carbocycles. The highest BCUT2D eigenvalue weighted by Crippen LogP contribution is 2.17. The highest BCUT2D eigenvalue weighted by Gasteiger charge is 2.11. The Labute approximate surface area is 122 Å². The molecule has 0 aliphatic rings. The van der Waals surface area contributed by atoms with E-state index >= 15 is 0 Å². The normalized spacial score (nSPS) is 10.8. The predicted octanol–water partition coefficient (Wildman–Crippen LogP) is 2.49. The summed E-state index contributed by atoms with van der Waals surface area (Å²) in [4.78, 5) is 8.68. The second-order valence-corrected chi connectivity index (χ2v) is 4.87. The number of hydrogen-bond donors (Lipinski definition) is 1. The zero-order valence-electron chi connectivity index (χ0n) is 11.8. The standard InChI is InChI=1S/C16H16N4O/c1-11-4-2-3-5-13(11)8-15-19-16(21-20-15)14-7-6-12(9-17)10-18-14/h2-7,10H,8-9,17H2,1H3. The molecule has 0 amide bonds. The number of hydrogen-bond acceptors (Lipinski definition) is 5. The van der Waals surface area contributed by atoms with Gasteiger partial charge < -0.3 is 10.3 Å². The van der Waals surface area contributed by atoms with Crippen LogP contribution < -0.4 is 5.73 Å². The van der Waals surface area contributed by atoms with Crippen molar-refractivity contribution in [2.45, 2.75) is 19.9 Å². The van der Waals surface area contributed by atoms with Crippen LogP contribution in [0.4, 0.5) is 0 Å². The molecule has 0 saturated carbocycles. The summed E-state index contributed by atoms with van der Waals surface area (Å²) < 4.78 is 5.28. The van der Waals surface area contributed by atoms with Crippen molar-refractivity contribution in [3.05, 3.63) is 65.1 Å². The summed E-state index contributed by atoms with van der Waals surface area (Å²) in [5, 5.41) is 4.02. The van der Waals surface area contributed by atoms with E-state index in [9.17, 15) is 0 Å². The van der Waals surface area contributed by atoms with Gasteiger partial charge in [-0.15, -0.1) is 0 Å². The van der Waals surface area contributed by atoms with Crippen molar-refractivity contribution >= 4 is 0 Å². The first kappa shape index (κ1) is 13.5. The second kappa shape index (κ2) is 5.85. The lowest BCUT2D eigenvalue weighted by atomic mass is 10.1. The average molecular weight is 280 g/mol. The van der Waals surface area contributed by atoms with Gasteiger partial charge in [0, 0.05) is 19.2 Å². The Morgan fingerprint density at radius 3 is 2.71 bits per heavy atom. The quantitative estimate of drug-likeness (QED) is 0.794. The first-order valence-electron chi connectivity index (χ1n) is 6.78. The molecule has 2 heterocycles. The minimum Gasteiger partial charge on any atom is -0.332 e. The molecule has 0 saturated heterocycles. The molecule has 106 valence electrons. The van der Waals surface area contributed by atoms with Crippen molar-refractivity contribution in [2.24, 2.45) is 5.73 Å². The van der Waals surface area contributed by atoms with Gasteiger partial charge in [-0.2, -0.15) is 4.98 Å². The van der Waals surface area contributed by atoms with E-state index in [-0.39, 0.29) is 0 Å². The van der Waals surface area contributed by atoms with Gasteiger partial charge in [0.1, 0.15) is 5.69 Å². The maximum atomic E-state index is 5.55. The van der Waals surface area contributed by atoms with Crippen molar-refractivity contribution in [1.82, 2.24) is 15.1 Å². The number of pyridine rings is 1. The molecule has 0 radical (unpaired) electrons. The average Bonchev–Trinajstić information content (AvgIpc) is 2.98. The number of nitrogens with two attached hydrogens (primary N) is 1. The molecule has 21 heavy (non-hydrogen) atoms. The summed E-state index contributed by atoms with van der Waals surface area (Å²) in [6.45, 7) is 2.54. The van der Waals surface area contributed by atoms with E-state index in [1.807, 2.05) is 24.3 Å². The Morgan fingerprint density at radius 1 is 1.14 bits per heavy atom. The lowest BCUT2D eigenvalue weighted by Crippen LogP contribution is -1.97. The summed E-state index contributed by atoms with van der Waals surface area (Å²) in [5.74, 6) is 1.09. The largest absolute Gasteiger partial charge is 0.332 e. The van der Waals surface area contributed by atoms with Gasteiger partial charge >= 0.3 is 0 Å². The molecule has 2 N–H and O–H groups in total. The fourth-order valence-corrected chi connectivity index (χ4v) is 2.08. The van der Waals surface area contributed by atoms with E-state index < -0.39 is 0 Å². The monoisotopic (exact) mass is 280 g/mol. The molecular weight excluding hydrogens is 264 g/mol. The first-order valence-corrected chi connectivity index (χ1v) is 6.78. The molecule has 3 rings (SSSR count). The Kier molecular flexibility index (Phi) is 3.75. The van der Waals surface area contributed by atoms with Crippen molar-refractivity contribution in [3.8, 4) is 11.6 Å². The van der Waals surface area contributed by atoms with E-state index in [0.29, 0.717) is 30.4 Å². The van der Waals surface area contributed by atoms with Crippen LogP contribution in [-0.4, -0.2) is 15.1 Å². The summed E-state index contributed by atoms with van der Waals surface area (Å²) in [5.41, 5.74) is 9.59. The SMILES string of the molecule is Cc1ccccc1Cc1noc(-c2ccc(CN)cn2)n1. The maximum Gasteiger partial charge on any atom is 0.276 e. The minimum absolute atomic E-state index is 0.433. The van der Waals surface area contributed by atoms with Gasteiger partial charge in [0.2, 0.25) is 0 Å². The predicted molar refractivity (Wildman–Crippen MR) is 79.4 cm³/mol. The zero-order chi connectivity index (χ0) is 14.7. The Morgan fingerprint density at radius 2 is 2.00 bits per heavy atom. The Bertz CT molecular complexity index is 734. The summed E-state index contributed by atoms with van der Waals surface area (Å²) in [6, 6.07) is 11.9. The van der Waals surface area contributed by atoms with E-state index in [0.717, 1.165) is 5.56 Å². The highest BCUT2D eigenvalue weighted by molar-refractivity contribution is 5.46. The van der Waals surface area contributed by atoms with Crippen LogP contribution in [-0.2, 0) is 13.0 Å². The molecule has 0 bridgehead atoms. The highest BCUT2D eigenvalue weighted by atomic mass is 16.5. The fourth-order valence-electron chi connectivity index (χ4n) is 2.08. The van der Waals surface area contributed by atoms with Gasteiger partial charge in [-0.25, -0.2) is 0 Å². The maximum absolute atomic E-state index is 5.55. The van der Waals surface area contributed by atoms with Crippen molar-refractivity contribution < 1.29 is 4.52 Å². The van der Waals surface area contributed by atoms with Crippen LogP contribution in [0.3, 0.4) is 0 Å². The smallest absolute Gasteiger partial charge is 0.276 e. The van der Waals surface area contributed by atoms with E-state index in [1.54, 1.807) is 6.20 Å². The molecule has 0 aliphatic carbocycles. The summed E-state index contributed by atoms with van der Waals surface area (Å²) >= 11 is 0. The first-order chi connectivity index (χ1) is 10.3. The Hall–Kier alpha value is -2.53. The molecule has 5 heteroatoms. The van der Waals surface area contributed by atoms with Crippen LogP contribution in [0.2, 0.25) is 0 Å². The third kappa shape index (κ3) is 2.98.